The van der Waals surface area contributed by atoms with Gasteiger partial charge in [-0.3, -0.25) is 4.79 Å². The summed E-state index contributed by atoms with van der Waals surface area (Å²) in [5.74, 6) is 0.212. The van der Waals surface area contributed by atoms with E-state index in [0.717, 1.165) is 0 Å². The molecule has 1 amide bonds. The third-order valence-corrected chi connectivity index (χ3v) is 3.50. The van der Waals surface area contributed by atoms with Crippen LogP contribution in [0.2, 0.25) is 10.0 Å². The minimum absolute atomic E-state index is 0.268. The van der Waals surface area contributed by atoms with Crippen molar-refractivity contribution in [3.63, 3.8) is 0 Å². The van der Waals surface area contributed by atoms with Crippen molar-refractivity contribution in [1.29, 1.82) is 0 Å². The Morgan fingerprint density at radius 3 is 2.75 bits per heavy atom. The lowest BCUT2D eigenvalue weighted by Gasteiger charge is -2.09. The molecule has 0 aliphatic carbocycles. The molecular weight excluding hydrogens is 301 g/mol. The zero-order valence-electron chi connectivity index (χ0n) is 10.5. The molecule has 4 nitrogen and oxygen atoms in total. The van der Waals surface area contributed by atoms with Crippen LogP contribution in [0.15, 0.2) is 41.0 Å². The predicted octanol–water partition coefficient (Wildman–Crippen LogP) is 3.44. The molecule has 2 N–H and O–H groups in total. The van der Waals surface area contributed by atoms with Crippen molar-refractivity contribution >= 4 is 29.1 Å². The number of hydrogen-bond acceptors (Lipinski definition) is 3. The molecule has 0 saturated carbocycles. The second kappa shape index (κ2) is 6.79. The van der Waals surface area contributed by atoms with Gasteiger partial charge in [0.1, 0.15) is 11.9 Å². The molecule has 1 heterocycles. The third kappa shape index (κ3) is 3.76. The van der Waals surface area contributed by atoms with Gasteiger partial charge in [-0.1, -0.05) is 23.2 Å². The Morgan fingerprint density at radius 2 is 2.10 bits per heavy atom. The average Bonchev–Trinajstić information content (AvgIpc) is 2.95. The van der Waals surface area contributed by atoms with E-state index in [-0.39, 0.29) is 5.91 Å². The van der Waals surface area contributed by atoms with Crippen LogP contribution in [0.5, 0.6) is 0 Å². The number of aliphatic hydroxyl groups excluding tert-OH is 1. The van der Waals surface area contributed by atoms with E-state index in [1.54, 1.807) is 24.3 Å². The minimum Gasteiger partial charge on any atom is -0.467 e. The molecule has 1 atom stereocenters. The lowest BCUT2D eigenvalue weighted by atomic mass is 10.2. The van der Waals surface area contributed by atoms with E-state index >= 15 is 0 Å². The Bertz CT molecular complexity index is 584. The standard InChI is InChI=1S/C14H13Cl2NO3/c15-10-4-3-9(8-11(10)16)14(19)17-6-5-12(18)13-2-1-7-20-13/h1-4,7-8,12,18H,5-6H2,(H,17,19). The Balaban J connectivity index is 1.84. The van der Waals surface area contributed by atoms with Crippen LogP contribution in [-0.4, -0.2) is 17.6 Å². The molecule has 106 valence electrons. The molecule has 0 saturated heterocycles. The van der Waals surface area contributed by atoms with Gasteiger partial charge in [0.2, 0.25) is 0 Å². The summed E-state index contributed by atoms with van der Waals surface area (Å²) in [5, 5.41) is 13.2. The molecule has 0 aliphatic rings. The van der Waals surface area contributed by atoms with Gasteiger partial charge in [-0.2, -0.15) is 0 Å². The fourth-order valence-electron chi connectivity index (χ4n) is 1.68. The van der Waals surface area contributed by atoms with Crippen molar-refractivity contribution in [2.45, 2.75) is 12.5 Å². The zero-order valence-corrected chi connectivity index (χ0v) is 12.0. The van der Waals surface area contributed by atoms with Crippen molar-refractivity contribution in [3.05, 3.63) is 58.0 Å². The first-order valence-electron chi connectivity index (χ1n) is 6.02. The Labute approximate surface area is 126 Å². The minimum atomic E-state index is -0.737. The summed E-state index contributed by atoms with van der Waals surface area (Å²) in [6.45, 7) is 0.320. The molecular formula is C14H13Cl2NO3. The molecule has 0 fully saturated rings. The SMILES string of the molecule is O=C(NCCC(O)c1ccco1)c1ccc(Cl)c(Cl)c1. The van der Waals surface area contributed by atoms with Gasteiger partial charge in [0.05, 0.1) is 16.3 Å². The van der Waals surface area contributed by atoms with Gasteiger partial charge in [0.25, 0.3) is 5.91 Å². The number of carbonyl (C=O) groups excluding carboxylic acids is 1. The van der Waals surface area contributed by atoms with E-state index in [0.29, 0.717) is 34.3 Å². The van der Waals surface area contributed by atoms with Crippen LogP contribution >= 0.6 is 23.2 Å². The van der Waals surface area contributed by atoms with Gasteiger partial charge in [0, 0.05) is 12.1 Å². The maximum Gasteiger partial charge on any atom is 0.251 e. The fourth-order valence-corrected chi connectivity index (χ4v) is 1.98. The first kappa shape index (κ1) is 14.9. The van der Waals surface area contributed by atoms with Crippen LogP contribution in [0.25, 0.3) is 0 Å². The lowest BCUT2D eigenvalue weighted by Crippen LogP contribution is -2.25. The number of carbonyl (C=O) groups is 1. The molecule has 0 bridgehead atoms. The maximum absolute atomic E-state index is 11.9. The quantitative estimate of drug-likeness (QED) is 0.888. The molecule has 0 aliphatic heterocycles. The van der Waals surface area contributed by atoms with E-state index < -0.39 is 6.10 Å². The number of furan rings is 1. The summed E-state index contributed by atoms with van der Waals surface area (Å²) in [4.78, 5) is 11.9. The van der Waals surface area contributed by atoms with Gasteiger partial charge in [0.15, 0.2) is 0 Å². The van der Waals surface area contributed by atoms with Crippen molar-refractivity contribution in [2.24, 2.45) is 0 Å². The number of benzene rings is 1. The van der Waals surface area contributed by atoms with Crippen LogP contribution in [0, 0.1) is 0 Å². The van der Waals surface area contributed by atoms with E-state index in [2.05, 4.69) is 5.32 Å². The van der Waals surface area contributed by atoms with E-state index in [9.17, 15) is 9.90 Å². The van der Waals surface area contributed by atoms with Crippen LogP contribution < -0.4 is 5.32 Å². The van der Waals surface area contributed by atoms with Crippen LogP contribution in [-0.2, 0) is 0 Å². The van der Waals surface area contributed by atoms with Gasteiger partial charge in [-0.25, -0.2) is 0 Å². The second-order valence-corrected chi connectivity index (χ2v) is 5.02. The summed E-state index contributed by atoms with van der Waals surface area (Å²) < 4.78 is 5.07. The number of aliphatic hydroxyl groups is 1. The molecule has 0 spiro atoms. The number of hydrogen-bond donors (Lipinski definition) is 2. The Hall–Kier alpha value is -1.49. The first-order chi connectivity index (χ1) is 9.58. The monoisotopic (exact) mass is 313 g/mol. The molecule has 20 heavy (non-hydrogen) atoms. The Morgan fingerprint density at radius 1 is 1.30 bits per heavy atom. The highest BCUT2D eigenvalue weighted by atomic mass is 35.5. The highest BCUT2D eigenvalue weighted by Gasteiger charge is 2.12. The molecule has 1 aromatic heterocycles. The van der Waals surface area contributed by atoms with Crippen molar-refractivity contribution in [1.82, 2.24) is 5.32 Å². The van der Waals surface area contributed by atoms with Crippen LogP contribution in [0.3, 0.4) is 0 Å². The molecule has 2 aromatic rings. The topological polar surface area (TPSA) is 62.5 Å². The molecule has 1 aromatic carbocycles. The molecule has 1 unspecified atom stereocenters. The molecule has 2 rings (SSSR count). The van der Waals surface area contributed by atoms with Gasteiger partial charge in [-0.15, -0.1) is 0 Å². The fraction of sp³-hybridized carbons (Fsp3) is 0.214. The Kier molecular flexibility index (Phi) is 5.06. The normalized spacial score (nSPS) is 12.2. The van der Waals surface area contributed by atoms with Crippen molar-refractivity contribution < 1.29 is 14.3 Å². The summed E-state index contributed by atoms with van der Waals surface area (Å²) in [6.07, 6.45) is 1.12. The first-order valence-corrected chi connectivity index (χ1v) is 6.78. The molecule has 6 heteroatoms. The van der Waals surface area contributed by atoms with Gasteiger partial charge >= 0.3 is 0 Å². The number of amides is 1. The number of nitrogens with one attached hydrogen (secondary N) is 1. The number of rotatable bonds is 5. The second-order valence-electron chi connectivity index (χ2n) is 4.20. The van der Waals surface area contributed by atoms with Crippen molar-refractivity contribution in [3.8, 4) is 0 Å². The van der Waals surface area contributed by atoms with E-state index in [1.165, 1.54) is 12.3 Å². The van der Waals surface area contributed by atoms with Crippen molar-refractivity contribution in [2.75, 3.05) is 6.54 Å². The summed E-state index contributed by atoms with van der Waals surface area (Å²) in [7, 11) is 0. The maximum atomic E-state index is 11.9. The summed E-state index contributed by atoms with van der Waals surface area (Å²) in [5.41, 5.74) is 0.423. The van der Waals surface area contributed by atoms with Gasteiger partial charge < -0.3 is 14.8 Å². The highest BCUT2D eigenvalue weighted by Crippen LogP contribution is 2.22. The molecule has 0 radical (unpaired) electrons. The largest absolute Gasteiger partial charge is 0.467 e. The van der Waals surface area contributed by atoms with Crippen LogP contribution in [0.1, 0.15) is 28.6 Å². The smallest absolute Gasteiger partial charge is 0.251 e. The highest BCUT2D eigenvalue weighted by molar-refractivity contribution is 6.42. The van der Waals surface area contributed by atoms with E-state index in [1.807, 2.05) is 0 Å². The van der Waals surface area contributed by atoms with Gasteiger partial charge in [-0.05, 0) is 36.8 Å². The van der Waals surface area contributed by atoms with Crippen LogP contribution in [0.4, 0.5) is 0 Å². The average molecular weight is 314 g/mol. The predicted molar refractivity (Wildman–Crippen MR) is 77.1 cm³/mol. The third-order valence-electron chi connectivity index (χ3n) is 2.76. The lowest BCUT2D eigenvalue weighted by molar-refractivity contribution is 0.0936. The summed E-state index contributed by atoms with van der Waals surface area (Å²) in [6, 6.07) is 8.05. The summed E-state index contributed by atoms with van der Waals surface area (Å²) >= 11 is 11.6. The zero-order chi connectivity index (χ0) is 14.5. The van der Waals surface area contributed by atoms with E-state index in [4.69, 9.17) is 27.6 Å². The number of halogens is 2.